The van der Waals surface area contributed by atoms with Crippen molar-refractivity contribution in [3.8, 4) is 5.75 Å². The van der Waals surface area contributed by atoms with Crippen LogP contribution < -0.4 is 4.74 Å². The third-order valence-electron chi connectivity index (χ3n) is 1.64. The van der Waals surface area contributed by atoms with E-state index in [-0.39, 0.29) is 5.82 Å². The molecule has 0 amide bonds. The molecule has 2 nitrogen and oxygen atoms in total. The Labute approximate surface area is 85.0 Å². The second-order valence-corrected chi connectivity index (χ2v) is 3.33. The second-order valence-electron chi connectivity index (χ2n) is 2.67. The van der Waals surface area contributed by atoms with E-state index in [9.17, 15) is 4.39 Å². The lowest BCUT2D eigenvalue weighted by molar-refractivity contribution is 0.301. The quantitative estimate of drug-likeness (QED) is 0.773. The van der Waals surface area contributed by atoms with Crippen molar-refractivity contribution >= 4 is 11.3 Å². The molecule has 0 aliphatic carbocycles. The molecule has 2 rings (SSSR count). The summed E-state index contributed by atoms with van der Waals surface area (Å²) in [5, 5.41) is 1.86. The van der Waals surface area contributed by atoms with Gasteiger partial charge in [-0.15, -0.1) is 11.3 Å². The first-order valence-electron chi connectivity index (χ1n) is 4.03. The molecule has 0 unspecified atom stereocenters. The van der Waals surface area contributed by atoms with Gasteiger partial charge >= 0.3 is 0 Å². The lowest BCUT2D eigenvalue weighted by Gasteiger charge is -2.02. The van der Waals surface area contributed by atoms with Crippen LogP contribution in [0.15, 0.2) is 29.6 Å². The molecule has 14 heavy (non-hydrogen) atoms. The first kappa shape index (κ1) is 9.15. The van der Waals surface area contributed by atoms with Crippen LogP contribution in [0.4, 0.5) is 4.39 Å². The molecule has 0 saturated heterocycles. The van der Waals surface area contributed by atoms with E-state index < -0.39 is 0 Å². The van der Waals surface area contributed by atoms with Gasteiger partial charge in [-0.05, 0) is 24.3 Å². The number of benzene rings is 1. The average Bonchev–Trinajstić information content (AvgIpc) is 2.70. The number of ether oxygens (including phenoxy) is 1. The topological polar surface area (TPSA) is 22.1 Å². The van der Waals surface area contributed by atoms with Crippen molar-refractivity contribution in [3.05, 3.63) is 46.7 Å². The predicted octanol–water partition coefficient (Wildman–Crippen LogP) is 2.66. The van der Waals surface area contributed by atoms with E-state index in [1.54, 1.807) is 12.1 Å². The third-order valence-corrected chi connectivity index (χ3v) is 2.22. The van der Waals surface area contributed by atoms with Gasteiger partial charge in [-0.2, -0.15) is 0 Å². The van der Waals surface area contributed by atoms with Gasteiger partial charge in [0, 0.05) is 5.38 Å². The van der Waals surface area contributed by atoms with Crippen LogP contribution in [0.25, 0.3) is 0 Å². The van der Waals surface area contributed by atoms with Crippen molar-refractivity contribution in [2.24, 2.45) is 0 Å². The average molecular weight is 208 g/mol. The molecule has 0 saturated carbocycles. The predicted molar refractivity (Wildman–Crippen MR) is 51.7 cm³/mol. The summed E-state index contributed by atoms with van der Waals surface area (Å²) in [4.78, 5) is 3.94. The van der Waals surface area contributed by atoms with Gasteiger partial charge in [0.2, 0.25) is 0 Å². The van der Waals surface area contributed by atoms with Crippen LogP contribution in [0.3, 0.4) is 0 Å². The van der Waals surface area contributed by atoms with E-state index in [0.717, 1.165) is 5.69 Å². The molecule has 0 spiro atoms. The van der Waals surface area contributed by atoms with Crippen LogP contribution in [0.1, 0.15) is 5.69 Å². The summed E-state index contributed by atoms with van der Waals surface area (Å²) in [5.41, 5.74) is 3.56. The molecule has 0 fully saturated rings. The third kappa shape index (κ3) is 2.29. The SMILES string of the molecule is Fc1ccc(OCc2cs[c]n2)cc1. The maximum Gasteiger partial charge on any atom is 0.152 e. The highest BCUT2D eigenvalue weighted by atomic mass is 32.1. The molecule has 71 valence electrons. The Kier molecular flexibility index (Phi) is 2.74. The fourth-order valence-electron chi connectivity index (χ4n) is 0.960. The van der Waals surface area contributed by atoms with Crippen LogP contribution >= 0.6 is 11.3 Å². The number of rotatable bonds is 3. The first-order chi connectivity index (χ1) is 6.84. The molecule has 1 heterocycles. The molecule has 2 aromatic rings. The van der Waals surface area contributed by atoms with Crippen molar-refractivity contribution in [2.75, 3.05) is 0 Å². The molecular weight excluding hydrogens is 201 g/mol. The Bertz CT molecular complexity index is 385. The maximum atomic E-state index is 12.5. The van der Waals surface area contributed by atoms with Gasteiger partial charge in [0.25, 0.3) is 0 Å². The van der Waals surface area contributed by atoms with Crippen LogP contribution in [0, 0.1) is 11.3 Å². The molecule has 0 aliphatic rings. The zero-order valence-electron chi connectivity index (χ0n) is 7.24. The van der Waals surface area contributed by atoms with E-state index in [4.69, 9.17) is 4.74 Å². The summed E-state index contributed by atoms with van der Waals surface area (Å²) in [7, 11) is 0. The summed E-state index contributed by atoms with van der Waals surface area (Å²) < 4.78 is 17.9. The van der Waals surface area contributed by atoms with Crippen molar-refractivity contribution < 1.29 is 9.13 Å². The lowest BCUT2D eigenvalue weighted by Crippen LogP contribution is -1.95. The first-order valence-corrected chi connectivity index (χ1v) is 4.91. The lowest BCUT2D eigenvalue weighted by atomic mass is 10.3. The highest BCUT2D eigenvalue weighted by Crippen LogP contribution is 2.13. The van der Waals surface area contributed by atoms with E-state index in [1.807, 2.05) is 5.38 Å². The fraction of sp³-hybridized carbons (Fsp3) is 0.100. The number of hydrogen-bond acceptors (Lipinski definition) is 3. The Morgan fingerprint density at radius 3 is 2.79 bits per heavy atom. The monoisotopic (exact) mass is 208 g/mol. The van der Waals surface area contributed by atoms with Gasteiger partial charge in [-0.3, -0.25) is 0 Å². The number of aromatic nitrogens is 1. The van der Waals surface area contributed by atoms with Gasteiger partial charge in [0.05, 0.1) is 5.69 Å². The van der Waals surface area contributed by atoms with Crippen LogP contribution in [0.5, 0.6) is 5.75 Å². The van der Waals surface area contributed by atoms with E-state index in [1.165, 1.54) is 23.5 Å². The van der Waals surface area contributed by atoms with Gasteiger partial charge in [-0.25, -0.2) is 9.37 Å². The standard InChI is InChI=1S/C10H7FNOS/c11-8-1-3-10(4-2-8)13-5-9-6-14-7-12-9/h1-4,6H,5H2. The normalized spacial score (nSPS) is 10.1. The minimum Gasteiger partial charge on any atom is -0.487 e. The van der Waals surface area contributed by atoms with Crippen LogP contribution in [0.2, 0.25) is 0 Å². The van der Waals surface area contributed by atoms with E-state index >= 15 is 0 Å². The minimum atomic E-state index is -0.264. The molecule has 0 atom stereocenters. The minimum absolute atomic E-state index is 0.264. The van der Waals surface area contributed by atoms with Crippen LogP contribution in [-0.4, -0.2) is 4.98 Å². The van der Waals surface area contributed by atoms with Crippen molar-refractivity contribution in [1.29, 1.82) is 0 Å². The highest BCUT2D eigenvalue weighted by Gasteiger charge is 1.97. The molecule has 1 radical (unpaired) electrons. The molecule has 1 aromatic carbocycles. The highest BCUT2D eigenvalue weighted by molar-refractivity contribution is 7.07. The fourth-order valence-corrected chi connectivity index (χ4v) is 1.44. The Morgan fingerprint density at radius 2 is 2.14 bits per heavy atom. The Morgan fingerprint density at radius 1 is 1.36 bits per heavy atom. The molecule has 0 aliphatic heterocycles. The maximum absolute atomic E-state index is 12.5. The zero-order chi connectivity index (χ0) is 9.80. The molecule has 0 N–H and O–H groups in total. The number of nitrogens with zero attached hydrogens (tertiary/aromatic N) is 1. The Hall–Kier alpha value is -1.42. The molecule has 1 aromatic heterocycles. The summed E-state index contributed by atoms with van der Waals surface area (Å²) in [6.07, 6.45) is 0. The van der Waals surface area contributed by atoms with Gasteiger partial charge in [-0.1, -0.05) is 0 Å². The zero-order valence-corrected chi connectivity index (χ0v) is 8.05. The summed E-state index contributed by atoms with van der Waals surface area (Å²) in [6.45, 7) is 0.394. The number of hydrogen-bond donors (Lipinski definition) is 0. The molecule has 0 bridgehead atoms. The van der Waals surface area contributed by atoms with Gasteiger partial charge in [0.15, 0.2) is 5.51 Å². The Balaban J connectivity index is 1.95. The summed E-state index contributed by atoms with van der Waals surface area (Å²) in [5.74, 6) is 0.374. The van der Waals surface area contributed by atoms with Crippen molar-refractivity contribution in [3.63, 3.8) is 0 Å². The van der Waals surface area contributed by atoms with Crippen molar-refractivity contribution in [1.82, 2.24) is 4.98 Å². The van der Waals surface area contributed by atoms with E-state index in [2.05, 4.69) is 10.5 Å². The van der Waals surface area contributed by atoms with Gasteiger partial charge < -0.3 is 4.74 Å². The smallest absolute Gasteiger partial charge is 0.152 e. The van der Waals surface area contributed by atoms with E-state index in [0.29, 0.717) is 12.4 Å². The summed E-state index contributed by atoms with van der Waals surface area (Å²) >= 11 is 1.40. The molecule has 4 heteroatoms. The molecular formula is C10H7FNOS. The van der Waals surface area contributed by atoms with Crippen LogP contribution in [-0.2, 0) is 6.61 Å². The number of halogens is 1. The largest absolute Gasteiger partial charge is 0.487 e. The summed E-state index contributed by atoms with van der Waals surface area (Å²) in [6, 6.07) is 5.90. The van der Waals surface area contributed by atoms with Crippen molar-refractivity contribution in [2.45, 2.75) is 6.61 Å². The second kappa shape index (κ2) is 4.19. The van der Waals surface area contributed by atoms with Gasteiger partial charge in [0.1, 0.15) is 18.2 Å². The number of thiazole rings is 1.